The summed E-state index contributed by atoms with van der Waals surface area (Å²) in [6.07, 6.45) is 1.19. The largest absolute Gasteiger partial charge is 0.491 e. The standard InChI is InChI=1S/C12H18BrNO/c1-9(2)15-12-6-4-5-11(13)10(12)7-8-14-3/h4-6,9,14H,7-8H2,1-3H3. The molecule has 2 nitrogen and oxygen atoms in total. The van der Waals surface area contributed by atoms with Crippen molar-refractivity contribution in [3.8, 4) is 5.75 Å². The molecule has 84 valence electrons. The molecule has 0 radical (unpaired) electrons. The van der Waals surface area contributed by atoms with Gasteiger partial charge in [-0.1, -0.05) is 22.0 Å². The molecule has 0 heterocycles. The van der Waals surface area contributed by atoms with Gasteiger partial charge in [-0.15, -0.1) is 0 Å². The lowest BCUT2D eigenvalue weighted by atomic mass is 10.1. The molecule has 1 aromatic rings. The average Bonchev–Trinajstić information content (AvgIpc) is 2.16. The summed E-state index contributed by atoms with van der Waals surface area (Å²) in [7, 11) is 1.96. The van der Waals surface area contributed by atoms with Gasteiger partial charge in [0.15, 0.2) is 0 Å². The van der Waals surface area contributed by atoms with Gasteiger partial charge in [0.05, 0.1) is 6.10 Å². The highest BCUT2D eigenvalue weighted by atomic mass is 79.9. The summed E-state index contributed by atoms with van der Waals surface area (Å²) in [6, 6.07) is 6.08. The number of nitrogens with one attached hydrogen (secondary N) is 1. The van der Waals surface area contributed by atoms with Crippen LogP contribution in [0.5, 0.6) is 5.75 Å². The van der Waals surface area contributed by atoms with Crippen molar-refractivity contribution in [3.05, 3.63) is 28.2 Å². The van der Waals surface area contributed by atoms with Crippen molar-refractivity contribution in [1.82, 2.24) is 5.32 Å². The first-order valence-electron chi connectivity index (χ1n) is 5.23. The third-order valence-electron chi connectivity index (χ3n) is 2.06. The van der Waals surface area contributed by atoms with Gasteiger partial charge in [0.1, 0.15) is 5.75 Å². The van der Waals surface area contributed by atoms with Crippen LogP contribution in [0.3, 0.4) is 0 Å². The van der Waals surface area contributed by atoms with E-state index in [1.165, 1.54) is 5.56 Å². The molecular formula is C12H18BrNO. The van der Waals surface area contributed by atoms with Crippen molar-refractivity contribution in [2.45, 2.75) is 26.4 Å². The summed E-state index contributed by atoms with van der Waals surface area (Å²) in [5, 5.41) is 3.15. The van der Waals surface area contributed by atoms with Crippen molar-refractivity contribution >= 4 is 15.9 Å². The Kier molecular flexibility index (Phi) is 5.12. The minimum Gasteiger partial charge on any atom is -0.491 e. The van der Waals surface area contributed by atoms with E-state index in [2.05, 4.69) is 27.3 Å². The Balaban J connectivity index is 2.87. The lowest BCUT2D eigenvalue weighted by molar-refractivity contribution is 0.239. The van der Waals surface area contributed by atoms with Gasteiger partial charge in [-0.3, -0.25) is 0 Å². The summed E-state index contributed by atoms with van der Waals surface area (Å²) in [6.45, 7) is 5.04. The first-order valence-corrected chi connectivity index (χ1v) is 6.03. The molecule has 0 unspecified atom stereocenters. The zero-order valence-electron chi connectivity index (χ0n) is 9.51. The molecule has 0 saturated heterocycles. The number of rotatable bonds is 5. The second kappa shape index (κ2) is 6.13. The SMILES string of the molecule is CNCCc1c(Br)cccc1OC(C)C. The molecule has 0 bridgehead atoms. The first kappa shape index (κ1) is 12.5. The van der Waals surface area contributed by atoms with E-state index >= 15 is 0 Å². The van der Waals surface area contributed by atoms with E-state index in [1.807, 2.05) is 33.0 Å². The fourth-order valence-corrected chi connectivity index (χ4v) is 1.94. The molecular weight excluding hydrogens is 254 g/mol. The lowest BCUT2D eigenvalue weighted by Crippen LogP contribution is -2.13. The van der Waals surface area contributed by atoms with Crippen LogP contribution < -0.4 is 10.1 Å². The highest BCUT2D eigenvalue weighted by molar-refractivity contribution is 9.10. The molecule has 0 aliphatic heterocycles. The van der Waals surface area contributed by atoms with Crippen molar-refractivity contribution < 1.29 is 4.74 Å². The fraction of sp³-hybridized carbons (Fsp3) is 0.500. The molecule has 1 N–H and O–H groups in total. The van der Waals surface area contributed by atoms with Crippen molar-refractivity contribution in [2.24, 2.45) is 0 Å². The Hall–Kier alpha value is -0.540. The molecule has 0 aliphatic carbocycles. The molecule has 0 fully saturated rings. The van der Waals surface area contributed by atoms with Gasteiger partial charge >= 0.3 is 0 Å². The molecule has 15 heavy (non-hydrogen) atoms. The monoisotopic (exact) mass is 271 g/mol. The van der Waals surface area contributed by atoms with Gasteiger partial charge in [0, 0.05) is 10.0 Å². The molecule has 3 heteroatoms. The molecule has 0 atom stereocenters. The van der Waals surface area contributed by atoms with Gasteiger partial charge < -0.3 is 10.1 Å². The lowest BCUT2D eigenvalue weighted by Gasteiger charge is -2.15. The highest BCUT2D eigenvalue weighted by Crippen LogP contribution is 2.27. The van der Waals surface area contributed by atoms with Crippen LogP contribution in [-0.2, 0) is 6.42 Å². The molecule has 0 amide bonds. The van der Waals surface area contributed by atoms with Crippen LogP contribution in [0.1, 0.15) is 19.4 Å². The Morgan fingerprint density at radius 1 is 1.40 bits per heavy atom. The highest BCUT2D eigenvalue weighted by Gasteiger charge is 2.08. The van der Waals surface area contributed by atoms with Crippen LogP contribution in [0.15, 0.2) is 22.7 Å². The van der Waals surface area contributed by atoms with Gasteiger partial charge in [-0.2, -0.15) is 0 Å². The summed E-state index contributed by atoms with van der Waals surface area (Å²) in [4.78, 5) is 0. The summed E-state index contributed by atoms with van der Waals surface area (Å²) >= 11 is 3.56. The van der Waals surface area contributed by atoms with Crippen LogP contribution in [0, 0.1) is 0 Å². The molecule has 0 spiro atoms. The van der Waals surface area contributed by atoms with Crippen LogP contribution in [-0.4, -0.2) is 19.7 Å². The Morgan fingerprint density at radius 2 is 2.13 bits per heavy atom. The van der Waals surface area contributed by atoms with Gasteiger partial charge in [-0.05, 0) is 46.0 Å². The van der Waals surface area contributed by atoms with Gasteiger partial charge in [0.25, 0.3) is 0 Å². The average molecular weight is 272 g/mol. The quantitative estimate of drug-likeness (QED) is 0.889. The van der Waals surface area contributed by atoms with E-state index < -0.39 is 0 Å². The van der Waals surface area contributed by atoms with Crippen LogP contribution in [0.2, 0.25) is 0 Å². The molecule has 0 aliphatic rings. The van der Waals surface area contributed by atoms with E-state index in [0.717, 1.165) is 23.2 Å². The van der Waals surface area contributed by atoms with Gasteiger partial charge in [-0.25, -0.2) is 0 Å². The second-order valence-electron chi connectivity index (χ2n) is 3.74. The number of likely N-dealkylation sites (N-methyl/N-ethyl adjacent to an activating group) is 1. The fourth-order valence-electron chi connectivity index (χ4n) is 1.40. The maximum absolute atomic E-state index is 5.77. The van der Waals surface area contributed by atoms with Crippen molar-refractivity contribution in [2.75, 3.05) is 13.6 Å². The number of hydrogen-bond donors (Lipinski definition) is 1. The van der Waals surface area contributed by atoms with E-state index in [1.54, 1.807) is 0 Å². The normalized spacial score (nSPS) is 10.7. The maximum Gasteiger partial charge on any atom is 0.124 e. The number of hydrogen-bond acceptors (Lipinski definition) is 2. The zero-order chi connectivity index (χ0) is 11.3. The van der Waals surface area contributed by atoms with Crippen molar-refractivity contribution in [3.63, 3.8) is 0 Å². The number of halogens is 1. The van der Waals surface area contributed by atoms with E-state index in [-0.39, 0.29) is 6.10 Å². The molecule has 1 aromatic carbocycles. The van der Waals surface area contributed by atoms with E-state index in [4.69, 9.17) is 4.74 Å². The Bertz CT molecular complexity index is 312. The van der Waals surface area contributed by atoms with Gasteiger partial charge in [0.2, 0.25) is 0 Å². The minimum absolute atomic E-state index is 0.215. The smallest absolute Gasteiger partial charge is 0.124 e. The van der Waals surface area contributed by atoms with Crippen LogP contribution >= 0.6 is 15.9 Å². The summed E-state index contributed by atoms with van der Waals surface area (Å²) in [5.74, 6) is 0.981. The first-order chi connectivity index (χ1) is 7.15. The Morgan fingerprint density at radius 3 is 2.73 bits per heavy atom. The molecule has 0 aromatic heterocycles. The Labute approximate surface area is 100 Å². The molecule has 1 rings (SSSR count). The molecule has 0 saturated carbocycles. The van der Waals surface area contributed by atoms with Crippen LogP contribution in [0.4, 0.5) is 0 Å². The van der Waals surface area contributed by atoms with E-state index in [9.17, 15) is 0 Å². The predicted octanol–water partition coefficient (Wildman–Crippen LogP) is 3.00. The maximum atomic E-state index is 5.77. The van der Waals surface area contributed by atoms with Crippen LogP contribution in [0.25, 0.3) is 0 Å². The van der Waals surface area contributed by atoms with E-state index in [0.29, 0.717) is 0 Å². The number of benzene rings is 1. The third-order valence-corrected chi connectivity index (χ3v) is 2.81. The minimum atomic E-state index is 0.215. The second-order valence-corrected chi connectivity index (χ2v) is 4.59. The third kappa shape index (κ3) is 3.84. The summed E-state index contributed by atoms with van der Waals surface area (Å²) in [5.41, 5.74) is 1.24. The predicted molar refractivity (Wildman–Crippen MR) is 67.5 cm³/mol. The summed E-state index contributed by atoms with van der Waals surface area (Å²) < 4.78 is 6.89. The zero-order valence-corrected chi connectivity index (χ0v) is 11.1. The number of ether oxygens (including phenoxy) is 1. The van der Waals surface area contributed by atoms with Crippen molar-refractivity contribution in [1.29, 1.82) is 0 Å². The topological polar surface area (TPSA) is 21.3 Å².